The van der Waals surface area contributed by atoms with Gasteiger partial charge in [-0.15, -0.1) is 5.10 Å². The van der Waals surface area contributed by atoms with E-state index in [9.17, 15) is 4.39 Å². The lowest BCUT2D eigenvalue weighted by Gasteiger charge is -2.24. The molecule has 8 heteroatoms. The highest BCUT2D eigenvalue weighted by molar-refractivity contribution is 5.61. The topological polar surface area (TPSA) is 85.2 Å². The van der Waals surface area contributed by atoms with Crippen LogP contribution >= 0.6 is 0 Å². The summed E-state index contributed by atoms with van der Waals surface area (Å²) in [6.07, 6.45) is 3.85. The third-order valence-corrected chi connectivity index (χ3v) is 3.10. The summed E-state index contributed by atoms with van der Waals surface area (Å²) < 4.78 is 15.6. The quantitative estimate of drug-likeness (QED) is 0.757. The number of nitrogens with two attached hydrogens (primary N) is 1. The Hall–Kier alpha value is -2.61. The van der Waals surface area contributed by atoms with E-state index in [2.05, 4.69) is 20.5 Å². The number of para-hydroxylation sites is 1. The van der Waals surface area contributed by atoms with Gasteiger partial charge in [-0.1, -0.05) is 12.1 Å². The Labute approximate surface area is 120 Å². The van der Waals surface area contributed by atoms with Gasteiger partial charge in [-0.3, -0.25) is 4.98 Å². The third kappa shape index (κ3) is 2.52. The molecule has 0 saturated heterocycles. The first-order valence-electron chi connectivity index (χ1n) is 6.55. The summed E-state index contributed by atoms with van der Waals surface area (Å²) in [5.41, 5.74) is 6.52. The number of hydrogen-bond acceptors (Lipinski definition) is 6. The standard InChI is InChI=1S/C13H14FN7/c14-10-4-1-2-5-11(10)20(7-3-6-15)13-9-16-8-12-17-18-19-21(12)13/h1-2,4-5,8-9H,3,6-7,15H2. The van der Waals surface area contributed by atoms with Crippen LogP contribution in [0, 0.1) is 5.82 Å². The smallest absolute Gasteiger partial charge is 0.199 e. The van der Waals surface area contributed by atoms with Crippen LogP contribution in [0.15, 0.2) is 36.7 Å². The van der Waals surface area contributed by atoms with Gasteiger partial charge < -0.3 is 10.6 Å². The SMILES string of the molecule is NCCCN(c1ccccc1F)c1cncc2nnnn12. The highest BCUT2D eigenvalue weighted by Gasteiger charge is 2.17. The van der Waals surface area contributed by atoms with Gasteiger partial charge in [-0.2, -0.15) is 4.52 Å². The molecular formula is C13H14FN7. The van der Waals surface area contributed by atoms with Gasteiger partial charge in [0.25, 0.3) is 0 Å². The lowest BCUT2D eigenvalue weighted by Crippen LogP contribution is -2.24. The summed E-state index contributed by atoms with van der Waals surface area (Å²) in [6.45, 7) is 1.04. The molecule has 3 rings (SSSR count). The predicted octanol–water partition coefficient (Wildman–Crippen LogP) is 1.15. The molecule has 0 aliphatic carbocycles. The van der Waals surface area contributed by atoms with Gasteiger partial charge in [0.2, 0.25) is 0 Å². The second-order valence-electron chi connectivity index (χ2n) is 4.46. The molecule has 2 N–H and O–H groups in total. The fourth-order valence-corrected chi connectivity index (χ4v) is 2.13. The molecule has 3 aromatic rings. The van der Waals surface area contributed by atoms with E-state index in [1.807, 2.05) is 0 Å². The van der Waals surface area contributed by atoms with Crippen molar-refractivity contribution in [3.8, 4) is 0 Å². The van der Waals surface area contributed by atoms with Crippen LogP contribution in [-0.4, -0.2) is 38.1 Å². The van der Waals surface area contributed by atoms with Crippen molar-refractivity contribution in [2.45, 2.75) is 6.42 Å². The first kappa shape index (κ1) is 13.4. The van der Waals surface area contributed by atoms with E-state index < -0.39 is 0 Å². The maximum Gasteiger partial charge on any atom is 0.199 e. The normalized spacial score (nSPS) is 11.0. The molecule has 0 atom stereocenters. The molecule has 0 bridgehead atoms. The molecule has 0 spiro atoms. The molecule has 108 valence electrons. The summed E-state index contributed by atoms with van der Waals surface area (Å²) in [5.74, 6) is 0.274. The maximum atomic E-state index is 14.1. The Balaban J connectivity index is 2.11. The van der Waals surface area contributed by atoms with Crippen molar-refractivity contribution in [2.75, 3.05) is 18.0 Å². The minimum Gasteiger partial charge on any atom is -0.330 e. The second-order valence-corrected chi connectivity index (χ2v) is 4.46. The zero-order valence-electron chi connectivity index (χ0n) is 11.2. The van der Waals surface area contributed by atoms with Crippen molar-refractivity contribution in [1.82, 2.24) is 25.0 Å². The molecule has 0 amide bonds. The van der Waals surface area contributed by atoms with Crippen molar-refractivity contribution in [3.63, 3.8) is 0 Å². The molecule has 21 heavy (non-hydrogen) atoms. The Morgan fingerprint density at radius 1 is 1.24 bits per heavy atom. The lowest BCUT2D eigenvalue weighted by molar-refractivity contribution is 0.621. The van der Waals surface area contributed by atoms with E-state index in [1.165, 1.54) is 10.6 Å². The number of fused-ring (bicyclic) bond motifs is 1. The average Bonchev–Trinajstić information content (AvgIpc) is 2.98. The second kappa shape index (κ2) is 5.80. The number of anilines is 2. The van der Waals surface area contributed by atoms with Crippen molar-refractivity contribution in [2.24, 2.45) is 5.73 Å². The monoisotopic (exact) mass is 287 g/mol. The van der Waals surface area contributed by atoms with E-state index in [0.717, 1.165) is 0 Å². The van der Waals surface area contributed by atoms with Crippen LogP contribution in [0.25, 0.3) is 5.65 Å². The van der Waals surface area contributed by atoms with Crippen molar-refractivity contribution in [1.29, 1.82) is 0 Å². The van der Waals surface area contributed by atoms with Gasteiger partial charge in [0.05, 0.1) is 18.1 Å². The van der Waals surface area contributed by atoms with Gasteiger partial charge in [0, 0.05) is 6.54 Å². The van der Waals surface area contributed by atoms with Gasteiger partial charge in [-0.05, 0) is 35.5 Å². The van der Waals surface area contributed by atoms with Gasteiger partial charge >= 0.3 is 0 Å². The van der Waals surface area contributed by atoms with Crippen molar-refractivity contribution in [3.05, 3.63) is 42.5 Å². The van der Waals surface area contributed by atoms with E-state index in [4.69, 9.17) is 5.73 Å². The minimum atomic E-state index is -0.320. The van der Waals surface area contributed by atoms with Crippen LogP contribution in [0.5, 0.6) is 0 Å². The fourth-order valence-electron chi connectivity index (χ4n) is 2.13. The largest absolute Gasteiger partial charge is 0.330 e. The third-order valence-electron chi connectivity index (χ3n) is 3.10. The Kier molecular flexibility index (Phi) is 3.69. The first-order valence-corrected chi connectivity index (χ1v) is 6.55. The number of halogens is 1. The fraction of sp³-hybridized carbons (Fsp3) is 0.231. The van der Waals surface area contributed by atoms with Crippen LogP contribution < -0.4 is 10.6 Å². The van der Waals surface area contributed by atoms with E-state index in [1.54, 1.807) is 35.5 Å². The number of benzene rings is 1. The van der Waals surface area contributed by atoms with E-state index >= 15 is 0 Å². The average molecular weight is 287 g/mol. The van der Waals surface area contributed by atoms with Crippen molar-refractivity contribution >= 4 is 17.2 Å². The molecule has 0 radical (unpaired) electrons. The van der Waals surface area contributed by atoms with Crippen LogP contribution in [0.4, 0.5) is 15.9 Å². The number of tetrazole rings is 1. The number of rotatable bonds is 5. The van der Waals surface area contributed by atoms with E-state index in [-0.39, 0.29) is 5.82 Å². The first-order chi connectivity index (χ1) is 10.3. The molecule has 1 aromatic carbocycles. The number of aromatic nitrogens is 5. The molecule has 0 aliphatic rings. The Morgan fingerprint density at radius 3 is 2.90 bits per heavy atom. The summed E-state index contributed by atoms with van der Waals surface area (Å²) in [4.78, 5) is 5.89. The molecule has 2 aromatic heterocycles. The van der Waals surface area contributed by atoms with Gasteiger partial charge in [-0.25, -0.2) is 4.39 Å². The number of hydrogen-bond donors (Lipinski definition) is 1. The molecule has 7 nitrogen and oxygen atoms in total. The Bertz CT molecular complexity index is 742. The summed E-state index contributed by atoms with van der Waals surface area (Å²) in [5, 5.41) is 11.4. The van der Waals surface area contributed by atoms with Gasteiger partial charge in [0.1, 0.15) is 5.82 Å². The van der Waals surface area contributed by atoms with Crippen LogP contribution in [-0.2, 0) is 0 Å². The van der Waals surface area contributed by atoms with Crippen molar-refractivity contribution < 1.29 is 4.39 Å². The molecule has 0 fully saturated rings. The molecular weight excluding hydrogens is 273 g/mol. The maximum absolute atomic E-state index is 14.1. The predicted molar refractivity (Wildman–Crippen MR) is 75.7 cm³/mol. The highest BCUT2D eigenvalue weighted by atomic mass is 19.1. The summed E-state index contributed by atoms with van der Waals surface area (Å²) in [6, 6.07) is 6.55. The van der Waals surface area contributed by atoms with Crippen LogP contribution in [0.3, 0.4) is 0 Å². The molecule has 0 unspecified atom stereocenters. The molecule has 0 aliphatic heterocycles. The summed E-state index contributed by atoms with van der Waals surface area (Å²) >= 11 is 0. The zero-order valence-corrected chi connectivity index (χ0v) is 11.2. The summed E-state index contributed by atoms with van der Waals surface area (Å²) in [7, 11) is 0. The minimum absolute atomic E-state index is 0.320. The zero-order chi connectivity index (χ0) is 14.7. The highest BCUT2D eigenvalue weighted by Crippen LogP contribution is 2.27. The van der Waals surface area contributed by atoms with E-state index in [0.29, 0.717) is 36.7 Å². The van der Waals surface area contributed by atoms with Crippen LogP contribution in [0.1, 0.15) is 6.42 Å². The number of nitrogens with zero attached hydrogens (tertiary/aromatic N) is 6. The molecule has 0 saturated carbocycles. The lowest BCUT2D eigenvalue weighted by atomic mass is 10.2. The van der Waals surface area contributed by atoms with Crippen LogP contribution in [0.2, 0.25) is 0 Å². The van der Waals surface area contributed by atoms with Gasteiger partial charge in [0.15, 0.2) is 11.5 Å². The molecule has 2 heterocycles. The Morgan fingerprint density at radius 2 is 2.10 bits per heavy atom.